The van der Waals surface area contributed by atoms with Crippen LogP contribution in [0.4, 0.5) is 0 Å². The van der Waals surface area contributed by atoms with Gasteiger partial charge in [-0.25, -0.2) is 0 Å². The molecule has 1 N–H and O–H groups in total. The Bertz CT molecular complexity index is 794. The second-order valence-corrected chi connectivity index (χ2v) is 6.42. The molecule has 0 aliphatic rings. The second-order valence-electron chi connectivity index (χ2n) is 6.42. The Kier molecular flexibility index (Phi) is 5.72. The van der Waals surface area contributed by atoms with Gasteiger partial charge in [0.15, 0.2) is 0 Å². The molecule has 1 aromatic heterocycles. The summed E-state index contributed by atoms with van der Waals surface area (Å²) < 4.78 is 7.45. The lowest BCUT2D eigenvalue weighted by molar-refractivity contribution is -0.141. The molecule has 0 fully saturated rings. The standard InChI is InChI=1S/C19H26N2O4/c1-6-9-21-13(3)17(15-10-14(25-5)7-8-16(15)21)18(22)20(4)11-12(2)19(23)24/h7-8,10,12H,6,9,11H2,1-5H3,(H,23,24). The Morgan fingerprint density at radius 2 is 2.04 bits per heavy atom. The minimum Gasteiger partial charge on any atom is -0.497 e. The number of aromatic nitrogens is 1. The van der Waals surface area contributed by atoms with Crippen LogP contribution in [-0.4, -0.2) is 47.2 Å². The van der Waals surface area contributed by atoms with Crippen LogP contribution in [0.5, 0.6) is 5.75 Å². The molecule has 0 bridgehead atoms. The van der Waals surface area contributed by atoms with Gasteiger partial charge in [-0.3, -0.25) is 9.59 Å². The molecule has 6 nitrogen and oxygen atoms in total. The molecule has 0 aliphatic carbocycles. The minimum atomic E-state index is -0.911. The van der Waals surface area contributed by atoms with Gasteiger partial charge in [-0.05, 0) is 31.5 Å². The Morgan fingerprint density at radius 1 is 1.36 bits per heavy atom. The van der Waals surface area contributed by atoms with Gasteiger partial charge in [-0.15, -0.1) is 0 Å². The molecule has 0 aliphatic heterocycles. The van der Waals surface area contributed by atoms with Crippen LogP contribution < -0.4 is 4.74 Å². The first-order chi connectivity index (χ1) is 11.8. The molecule has 136 valence electrons. The maximum absolute atomic E-state index is 13.0. The lowest BCUT2D eigenvalue weighted by Gasteiger charge is -2.20. The fourth-order valence-electron chi connectivity index (χ4n) is 3.13. The van der Waals surface area contributed by atoms with Gasteiger partial charge in [-0.1, -0.05) is 13.8 Å². The number of carboxylic acid groups (broad SMARTS) is 1. The van der Waals surface area contributed by atoms with Gasteiger partial charge in [0.1, 0.15) is 5.75 Å². The molecule has 2 aromatic rings. The summed E-state index contributed by atoms with van der Waals surface area (Å²) in [6.07, 6.45) is 0.955. The van der Waals surface area contributed by atoms with Crippen molar-refractivity contribution in [2.24, 2.45) is 5.92 Å². The highest BCUT2D eigenvalue weighted by molar-refractivity contribution is 6.08. The fourth-order valence-corrected chi connectivity index (χ4v) is 3.13. The van der Waals surface area contributed by atoms with E-state index < -0.39 is 11.9 Å². The van der Waals surface area contributed by atoms with Crippen molar-refractivity contribution in [1.82, 2.24) is 9.47 Å². The van der Waals surface area contributed by atoms with Crippen molar-refractivity contribution in [3.05, 3.63) is 29.5 Å². The summed E-state index contributed by atoms with van der Waals surface area (Å²) in [5.74, 6) is -1.00. The third-order valence-corrected chi connectivity index (χ3v) is 4.51. The van der Waals surface area contributed by atoms with Crippen LogP contribution >= 0.6 is 0 Å². The first kappa shape index (κ1) is 18.8. The number of amides is 1. The number of nitrogens with zero attached hydrogens (tertiary/aromatic N) is 2. The topological polar surface area (TPSA) is 71.8 Å². The highest BCUT2D eigenvalue weighted by Crippen LogP contribution is 2.30. The number of hydrogen-bond acceptors (Lipinski definition) is 3. The molecule has 1 amide bonds. The van der Waals surface area contributed by atoms with Gasteiger partial charge in [0.2, 0.25) is 0 Å². The van der Waals surface area contributed by atoms with Crippen LogP contribution in [0, 0.1) is 12.8 Å². The van der Waals surface area contributed by atoms with Crippen molar-refractivity contribution in [3.8, 4) is 5.75 Å². The Morgan fingerprint density at radius 3 is 2.60 bits per heavy atom. The molecular weight excluding hydrogens is 320 g/mol. The smallest absolute Gasteiger partial charge is 0.308 e. The summed E-state index contributed by atoms with van der Waals surface area (Å²) in [5, 5.41) is 9.93. The molecule has 1 unspecified atom stereocenters. The Labute approximate surface area is 148 Å². The monoisotopic (exact) mass is 346 g/mol. The first-order valence-electron chi connectivity index (χ1n) is 8.46. The predicted octanol–water partition coefficient (Wildman–Crippen LogP) is 3.16. The third kappa shape index (κ3) is 3.62. The molecular formula is C19H26N2O4. The van der Waals surface area contributed by atoms with Crippen molar-refractivity contribution >= 4 is 22.8 Å². The molecule has 0 saturated carbocycles. The Balaban J connectivity index is 2.53. The molecule has 25 heavy (non-hydrogen) atoms. The fraction of sp³-hybridized carbons (Fsp3) is 0.474. The zero-order valence-corrected chi connectivity index (χ0v) is 15.5. The average Bonchev–Trinajstić information content (AvgIpc) is 2.85. The van der Waals surface area contributed by atoms with Crippen molar-refractivity contribution in [2.75, 3.05) is 20.7 Å². The van der Waals surface area contributed by atoms with E-state index in [9.17, 15) is 9.59 Å². The highest BCUT2D eigenvalue weighted by Gasteiger charge is 2.25. The van der Waals surface area contributed by atoms with E-state index in [0.29, 0.717) is 11.3 Å². The SMILES string of the molecule is CCCn1c(C)c(C(=O)N(C)CC(C)C(=O)O)c2cc(OC)ccc21. The van der Waals surface area contributed by atoms with Crippen LogP contribution in [0.25, 0.3) is 10.9 Å². The van der Waals surface area contributed by atoms with Gasteiger partial charge in [0.05, 0.1) is 18.6 Å². The molecule has 0 saturated heterocycles. The lowest BCUT2D eigenvalue weighted by atomic mass is 10.1. The number of rotatable bonds is 7. The number of aryl methyl sites for hydroxylation is 1. The molecule has 0 radical (unpaired) electrons. The Hall–Kier alpha value is -2.50. The molecule has 6 heteroatoms. The van der Waals surface area contributed by atoms with E-state index >= 15 is 0 Å². The van der Waals surface area contributed by atoms with E-state index in [2.05, 4.69) is 11.5 Å². The van der Waals surface area contributed by atoms with Crippen LogP contribution in [0.3, 0.4) is 0 Å². The van der Waals surface area contributed by atoms with Crippen molar-refractivity contribution in [3.63, 3.8) is 0 Å². The maximum Gasteiger partial charge on any atom is 0.308 e. The number of aliphatic carboxylic acids is 1. The van der Waals surface area contributed by atoms with Crippen molar-refractivity contribution < 1.29 is 19.4 Å². The zero-order chi connectivity index (χ0) is 18.7. The third-order valence-electron chi connectivity index (χ3n) is 4.51. The summed E-state index contributed by atoms with van der Waals surface area (Å²) in [6.45, 7) is 6.61. The summed E-state index contributed by atoms with van der Waals surface area (Å²) in [6, 6.07) is 5.72. The highest BCUT2D eigenvalue weighted by atomic mass is 16.5. The van der Waals surface area contributed by atoms with Gasteiger partial charge in [0, 0.05) is 36.7 Å². The number of fused-ring (bicyclic) bond motifs is 1. The molecule has 2 rings (SSSR count). The first-order valence-corrected chi connectivity index (χ1v) is 8.46. The number of carbonyl (C=O) groups is 2. The van der Waals surface area contributed by atoms with E-state index in [-0.39, 0.29) is 12.5 Å². The van der Waals surface area contributed by atoms with Crippen molar-refractivity contribution in [2.45, 2.75) is 33.7 Å². The van der Waals surface area contributed by atoms with Crippen LogP contribution in [0.2, 0.25) is 0 Å². The predicted molar refractivity (Wildman–Crippen MR) is 97.3 cm³/mol. The van der Waals surface area contributed by atoms with E-state index in [4.69, 9.17) is 9.84 Å². The molecule has 1 aromatic carbocycles. The summed E-state index contributed by atoms with van der Waals surface area (Å²) in [4.78, 5) is 25.6. The quantitative estimate of drug-likeness (QED) is 0.836. The van der Waals surface area contributed by atoms with Crippen LogP contribution in [-0.2, 0) is 11.3 Å². The van der Waals surface area contributed by atoms with Gasteiger partial charge in [-0.2, -0.15) is 0 Å². The number of carbonyl (C=O) groups excluding carboxylic acids is 1. The number of benzene rings is 1. The molecule has 1 heterocycles. The van der Waals surface area contributed by atoms with E-state index in [0.717, 1.165) is 29.6 Å². The maximum atomic E-state index is 13.0. The largest absolute Gasteiger partial charge is 0.497 e. The average molecular weight is 346 g/mol. The van der Waals surface area contributed by atoms with Crippen LogP contribution in [0.15, 0.2) is 18.2 Å². The summed E-state index contributed by atoms with van der Waals surface area (Å²) >= 11 is 0. The van der Waals surface area contributed by atoms with Crippen LogP contribution in [0.1, 0.15) is 36.3 Å². The molecule has 1 atom stereocenters. The van der Waals surface area contributed by atoms with Gasteiger partial charge < -0.3 is 19.3 Å². The van der Waals surface area contributed by atoms with E-state index in [1.165, 1.54) is 4.90 Å². The van der Waals surface area contributed by atoms with E-state index in [1.54, 1.807) is 21.1 Å². The number of methoxy groups -OCH3 is 1. The summed E-state index contributed by atoms with van der Waals surface area (Å²) in [7, 11) is 3.24. The van der Waals surface area contributed by atoms with E-state index in [1.807, 2.05) is 25.1 Å². The van der Waals surface area contributed by atoms with Gasteiger partial charge >= 0.3 is 5.97 Å². The second kappa shape index (κ2) is 7.59. The number of hydrogen-bond donors (Lipinski definition) is 1. The van der Waals surface area contributed by atoms with Crippen molar-refractivity contribution in [1.29, 1.82) is 0 Å². The normalized spacial score (nSPS) is 12.2. The zero-order valence-electron chi connectivity index (χ0n) is 15.5. The van der Waals surface area contributed by atoms with Gasteiger partial charge in [0.25, 0.3) is 5.91 Å². The number of carboxylic acids is 1. The number of ether oxygens (including phenoxy) is 1. The summed E-state index contributed by atoms with van der Waals surface area (Å²) in [5.41, 5.74) is 2.50. The minimum absolute atomic E-state index is 0.165. The molecule has 0 spiro atoms. The lowest BCUT2D eigenvalue weighted by Crippen LogP contribution is -2.34.